The lowest BCUT2D eigenvalue weighted by Crippen LogP contribution is -2.55. The normalized spacial score (nSPS) is 18.2. The summed E-state index contributed by atoms with van der Waals surface area (Å²) in [6.45, 7) is 5.33. The lowest BCUT2D eigenvalue weighted by atomic mass is 9.90. The molecule has 0 radical (unpaired) electrons. The fourth-order valence-corrected chi connectivity index (χ4v) is 3.03. The number of benzene rings is 1. The Labute approximate surface area is 124 Å². The molecule has 0 amide bonds. The fourth-order valence-electron chi connectivity index (χ4n) is 3.03. The van der Waals surface area contributed by atoms with Gasteiger partial charge in [0.15, 0.2) is 0 Å². The van der Waals surface area contributed by atoms with Crippen LogP contribution in [0.3, 0.4) is 0 Å². The van der Waals surface area contributed by atoms with Crippen molar-refractivity contribution in [3.05, 3.63) is 53.9 Å². The van der Waals surface area contributed by atoms with Crippen molar-refractivity contribution < 1.29 is 4.39 Å². The van der Waals surface area contributed by atoms with Crippen LogP contribution in [0.4, 0.5) is 4.39 Å². The first-order valence-corrected chi connectivity index (χ1v) is 7.30. The van der Waals surface area contributed by atoms with Gasteiger partial charge >= 0.3 is 0 Å². The number of rotatable bonds is 4. The van der Waals surface area contributed by atoms with Gasteiger partial charge < -0.3 is 10.3 Å². The lowest BCUT2D eigenvalue weighted by Gasteiger charge is -2.43. The van der Waals surface area contributed by atoms with Crippen LogP contribution in [0.25, 0.3) is 0 Å². The van der Waals surface area contributed by atoms with Crippen molar-refractivity contribution in [2.75, 3.05) is 13.1 Å². The molecule has 0 aliphatic carbocycles. The van der Waals surface area contributed by atoms with Crippen molar-refractivity contribution in [1.29, 1.82) is 0 Å². The third kappa shape index (κ3) is 2.84. The summed E-state index contributed by atoms with van der Waals surface area (Å²) in [5.41, 5.74) is 6.85. The highest BCUT2D eigenvalue weighted by atomic mass is 19.1. The SMILES string of the molecule is CC(CN)(Cc1cccc(F)c1)N1CCn2ccnc2C1. The fraction of sp³-hybridized carbons (Fsp3) is 0.438. The summed E-state index contributed by atoms with van der Waals surface area (Å²) in [4.78, 5) is 6.76. The summed E-state index contributed by atoms with van der Waals surface area (Å²) in [6, 6.07) is 6.78. The number of halogens is 1. The number of nitrogens with two attached hydrogens (primary N) is 1. The van der Waals surface area contributed by atoms with Gasteiger partial charge in [0.25, 0.3) is 0 Å². The molecule has 2 heterocycles. The number of nitrogens with zero attached hydrogens (tertiary/aromatic N) is 3. The predicted molar refractivity (Wildman–Crippen MR) is 80.2 cm³/mol. The largest absolute Gasteiger partial charge is 0.333 e. The molecule has 1 unspecified atom stereocenters. The Morgan fingerprint density at radius 3 is 3.00 bits per heavy atom. The molecule has 1 aromatic heterocycles. The van der Waals surface area contributed by atoms with E-state index in [0.717, 1.165) is 37.4 Å². The minimum atomic E-state index is -0.193. The van der Waals surface area contributed by atoms with E-state index in [-0.39, 0.29) is 11.4 Å². The molecule has 0 saturated carbocycles. The molecule has 2 aromatic rings. The molecule has 1 aliphatic rings. The van der Waals surface area contributed by atoms with Crippen LogP contribution in [-0.4, -0.2) is 33.1 Å². The Morgan fingerprint density at radius 2 is 2.24 bits per heavy atom. The number of hydrogen-bond acceptors (Lipinski definition) is 3. The van der Waals surface area contributed by atoms with Crippen molar-refractivity contribution in [3.63, 3.8) is 0 Å². The quantitative estimate of drug-likeness (QED) is 0.933. The van der Waals surface area contributed by atoms with E-state index in [0.29, 0.717) is 6.54 Å². The van der Waals surface area contributed by atoms with Gasteiger partial charge in [-0.05, 0) is 31.0 Å². The van der Waals surface area contributed by atoms with Gasteiger partial charge in [0.1, 0.15) is 11.6 Å². The molecule has 1 aromatic carbocycles. The minimum absolute atomic E-state index is 0.189. The average molecular weight is 288 g/mol. The van der Waals surface area contributed by atoms with Gasteiger partial charge in [0.2, 0.25) is 0 Å². The summed E-state index contributed by atoms with van der Waals surface area (Å²) in [5.74, 6) is 0.876. The topological polar surface area (TPSA) is 47.1 Å². The van der Waals surface area contributed by atoms with E-state index in [4.69, 9.17) is 5.73 Å². The van der Waals surface area contributed by atoms with E-state index >= 15 is 0 Å². The molecule has 0 spiro atoms. The van der Waals surface area contributed by atoms with Crippen LogP contribution in [-0.2, 0) is 19.5 Å². The standard InChI is InChI=1S/C16H21FN4/c1-16(12-18,10-13-3-2-4-14(17)9-13)21-8-7-20-6-5-19-15(20)11-21/h2-6,9H,7-8,10-12,18H2,1H3. The summed E-state index contributed by atoms with van der Waals surface area (Å²) >= 11 is 0. The predicted octanol–water partition coefficient (Wildman–Crippen LogP) is 1.80. The number of imidazole rings is 1. The molecule has 1 atom stereocenters. The third-order valence-electron chi connectivity index (χ3n) is 4.42. The first-order valence-electron chi connectivity index (χ1n) is 7.30. The highest BCUT2D eigenvalue weighted by molar-refractivity contribution is 5.19. The molecule has 1 aliphatic heterocycles. The van der Waals surface area contributed by atoms with Crippen LogP contribution in [0, 0.1) is 5.82 Å². The van der Waals surface area contributed by atoms with Crippen LogP contribution in [0.5, 0.6) is 0 Å². The summed E-state index contributed by atoms with van der Waals surface area (Å²) in [6.07, 6.45) is 4.59. The lowest BCUT2D eigenvalue weighted by molar-refractivity contribution is 0.0772. The molecule has 4 nitrogen and oxygen atoms in total. The smallest absolute Gasteiger partial charge is 0.123 e. The van der Waals surface area contributed by atoms with Gasteiger partial charge in [-0.1, -0.05) is 12.1 Å². The molecule has 3 rings (SSSR count). The van der Waals surface area contributed by atoms with Gasteiger partial charge in [-0.15, -0.1) is 0 Å². The van der Waals surface area contributed by atoms with Crippen LogP contribution < -0.4 is 5.73 Å². The molecule has 21 heavy (non-hydrogen) atoms. The molecule has 112 valence electrons. The summed E-state index contributed by atoms with van der Waals surface area (Å²) in [5, 5.41) is 0. The Bertz CT molecular complexity index is 624. The van der Waals surface area contributed by atoms with E-state index in [1.165, 1.54) is 6.07 Å². The highest BCUT2D eigenvalue weighted by Crippen LogP contribution is 2.25. The molecular formula is C16H21FN4. The molecule has 0 bridgehead atoms. The maximum absolute atomic E-state index is 13.4. The molecule has 5 heteroatoms. The van der Waals surface area contributed by atoms with Crippen molar-refractivity contribution in [3.8, 4) is 0 Å². The zero-order valence-electron chi connectivity index (χ0n) is 12.3. The van der Waals surface area contributed by atoms with Crippen LogP contribution in [0.2, 0.25) is 0 Å². The third-order valence-corrected chi connectivity index (χ3v) is 4.42. The van der Waals surface area contributed by atoms with Gasteiger partial charge in [-0.3, -0.25) is 4.90 Å². The Hall–Kier alpha value is -1.72. The van der Waals surface area contributed by atoms with E-state index < -0.39 is 0 Å². The van der Waals surface area contributed by atoms with Crippen LogP contribution in [0.15, 0.2) is 36.7 Å². The zero-order chi connectivity index (χ0) is 14.9. The van der Waals surface area contributed by atoms with E-state index in [9.17, 15) is 4.39 Å². The second kappa shape index (κ2) is 5.58. The molecule has 0 fully saturated rings. The summed E-state index contributed by atoms with van der Waals surface area (Å²) in [7, 11) is 0. The molecular weight excluding hydrogens is 267 g/mol. The Kier molecular flexibility index (Phi) is 3.78. The second-order valence-electron chi connectivity index (χ2n) is 5.97. The maximum Gasteiger partial charge on any atom is 0.123 e. The summed E-state index contributed by atoms with van der Waals surface area (Å²) < 4.78 is 15.6. The van der Waals surface area contributed by atoms with Crippen LogP contribution >= 0.6 is 0 Å². The van der Waals surface area contributed by atoms with Gasteiger partial charge in [-0.2, -0.15) is 0 Å². The Morgan fingerprint density at radius 1 is 1.38 bits per heavy atom. The Balaban J connectivity index is 1.80. The van der Waals surface area contributed by atoms with E-state index in [1.807, 2.05) is 18.5 Å². The first kappa shape index (κ1) is 14.2. The zero-order valence-corrected chi connectivity index (χ0v) is 12.3. The van der Waals surface area contributed by atoms with Gasteiger partial charge in [0, 0.05) is 37.6 Å². The highest BCUT2D eigenvalue weighted by Gasteiger charge is 2.33. The minimum Gasteiger partial charge on any atom is -0.333 e. The van der Waals surface area contributed by atoms with E-state index in [2.05, 4.69) is 21.4 Å². The molecule has 2 N–H and O–H groups in total. The van der Waals surface area contributed by atoms with Crippen molar-refractivity contribution >= 4 is 0 Å². The monoisotopic (exact) mass is 288 g/mol. The van der Waals surface area contributed by atoms with Gasteiger partial charge in [-0.25, -0.2) is 9.37 Å². The molecule has 0 saturated heterocycles. The van der Waals surface area contributed by atoms with Crippen LogP contribution in [0.1, 0.15) is 18.3 Å². The number of hydrogen-bond donors (Lipinski definition) is 1. The maximum atomic E-state index is 13.4. The van der Waals surface area contributed by atoms with Crippen molar-refractivity contribution in [2.24, 2.45) is 5.73 Å². The van der Waals surface area contributed by atoms with E-state index in [1.54, 1.807) is 12.1 Å². The second-order valence-corrected chi connectivity index (χ2v) is 5.97. The number of fused-ring (bicyclic) bond motifs is 1. The average Bonchev–Trinajstić information content (AvgIpc) is 2.94. The van der Waals surface area contributed by atoms with Crippen molar-refractivity contribution in [2.45, 2.75) is 32.0 Å². The first-order chi connectivity index (χ1) is 10.1. The van der Waals surface area contributed by atoms with Crippen molar-refractivity contribution in [1.82, 2.24) is 14.5 Å². The number of aromatic nitrogens is 2. The van der Waals surface area contributed by atoms with Gasteiger partial charge in [0.05, 0.1) is 6.54 Å².